The monoisotopic (exact) mass is 350 g/mol. The van der Waals surface area contributed by atoms with Crippen LogP contribution in [0.3, 0.4) is 0 Å². The second-order valence-corrected chi connectivity index (χ2v) is 7.17. The summed E-state index contributed by atoms with van der Waals surface area (Å²) in [5.41, 5.74) is 0.512. The largest absolute Gasteiger partial charge is 0.474 e. The average molecular weight is 350 g/mol. The van der Waals surface area contributed by atoms with Crippen molar-refractivity contribution in [2.75, 3.05) is 6.61 Å². The maximum atomic E-state index is 12.2. The predicted octanol–water partition coefficient (Wildman–Crippen LogP) is 3.68. The number of aromatic nitrogens is 1. The fraction of sp³-hybridized carbons (Fsp3) is 0.667. The quantitative estimate of drug-likeness (QED) is 0.441. The average Bonchev–Trinajstić information content (AvgIpc) is 2.53. The standard InChI is InChI=1S/C18H26N2O5/c1-11(2)14-7-5-12(3)9-16(14)25-17(21)10-24-15-8-6-13(4)19-18(15)20(22)23/h6,8,11-12,14,16H,5,7,9-10H2,1-4H3/t12-,14-,16+/m1/s1. The first-order chi connectivity index (χ1) is 11.8. The van der Waals surface area contributed by atoms with Crippen LogP contribution in [0.4, 0.5) is 5.82 Å². The number of carbonyl (C=O) groups excluding carboxylic acids is 1. The molecule has 0 aliphatic heterocycles. The van der Waals surface area contributed by atoms with Crippen LogP contribution in [0, 0.1) is 34.8 Å². The highest BCUT2D eigenvalue weighted by Crippen LogP contribution is 2.35. The first-order valence-electron chi connectivity index (χ1n) is 8.72. The summed E-state index contributed by atoms with van der Waals surface area (Å²) in [5, 5.41) is 11.0. The zero-order chi connectivity index (χ0) is 18.6. The fourth-order valence-corrected chi connectivity index (χ4v) is 3.36. The smallest absolute Gasteiger partial charge is 0.406 e. The second-order valence-electron chi connectivity index (χ2n) is 7.17. The van der Waals surface area contributed by atoms with Gasteiger partial charge in [0.15, 0.2) is 6.61 Å². The Morgan fingerprint density at radius 2 is 2.12 bits per heavy atom. The SMILES string of the molecule is Cc1ccc(OCC(=O)O[C@H]2C[C@H](C)CC[C@@H]2C(C)C)c([N+](=O)[O-])n1. The first-order valence-corrected chi connectivity index (χ1v) is 8.72. The predicted molar refractivity (Wildman–Crippen MR) is 92.3 cm³/mol. The number of hydrogen-bond acceptors (Lipinski definition) is 6. The fourth-order valence-electron chi connectivity index (χ4n) is 3.36. The molecule has 0 bridgehead atoms. The maximum absolute atomic E-state index is 12.2. The Morgan fingerprint density at radius 3 is 2.76 bits per heavy atom. The summed E-state index contributed by atoms with van der Waals surface area (Å²) in [6, 6.07) is 3.05. The van der Waals surface area contributed by atoms with Crippen LogP contribution >= 0.6 is 0 Å². The van der Waals surface area contributed by atoms with E-state index < -0.39 is 10.9 Å². The van der Waals surface area contributed by atoms with Crippen LogP contribution in [0.5, 0.6) is 5.75 Å². The molecule has 0 spiro atoms. The second kappa shape index (κ2) is 8.27. The van der Waals surface area contributed by atoms with Gasteiger partial charge in [0.1, 0.15) is 11.8 Å². The van der Waals surface area contributed by atoms with Crippen molar-refractivity contribution in [1.82, 2.24) is 4.98 Å². The van der Waals surface area contributed by atoms with Crippen LogP contribution in [0.2, 0.25) is 0 Å². The Kier molecular flexibility index (Phi) is 6.33. The Hall–Kier alpha value is -2.18. The zero-order valence-corrected chi connectivity index (χ0v) is 15.2. The molecule has 0 amide bonds. The molecule has 1 heterocycles. The van der Waals surface area contributed by atoms with Crippen molar-refractivity contribution in [3.63, 3.8) is 0 Å². The van der Waals surface area contributed by atoms with Gasteiger partial charge in [-0.25, -0.2) is 4.79 Å². The summed E-state index contributed by atoms with van der Waals surface area (Å²) in [7, 11) is 0. The van der Waals surface area contributed by atoms with Gasteiger partial charge in [0.05, 0.1) is 0 Å². The molecule has 1 aromatic heterocycles. The zero-order valence-electron chi connectivity index (χ0n) is 15.2. The molecule has 1 aliphatic carbocycles. The highest BCUT2D eigenvalue weighted by Gasteiger charge is 2.33. The van der Waals surface area contributed by atoms with Crippen LogP contribution < -0.4 is 4.74 Å². The number of carbonyl (C=O) groups is 1. The minimum absolute atomic E-state index is 0.0232. The van der Waals surface area contributed by atoms with Gasteiger partial charge < -0.3 is 19.6 Å². The first kappa shape index (κ1) is 19.1. The summed E-state index contributed by atoms with van der Waals surface area (Å²) >= 11 is 0. The van der Waals surface area contributed by atoms with E-state index >= 15 is 0 Å². The Labute approximate surface area is 147 Å². The van der Waals surface area contributed by atoms with Crippen LogP contribution in [0.1, 0.15) is 45.7 Å². The lowest BCUT2D eigenvalue weighted by molar-refractivity contribution is -0.390. The molecule has 1 aliphatic rings. The van der Waals surface area contributed by atoms with E-state index in [-0.39, 0.29) is 24.3 Å². The van der Waals surface area contributed by atoms with E-state index in [9.17, 15) is 14.9 Å². The molecule has 0 radical (unpaired) electrons. The molecule has 0 saturated heterocycles. The summed E-state index contributed by atoms with van der Waals surface area (Å²) in [6.45, 7) is 7.73. The molecule has 1 aromatic rings. The van der Waals surface area contributed by atoms with E-state index in [1.54, 1.807) is 13.0 Å². The van der Waals surface area contributed by atoms with Crippen LogP contribution in [-0.2, 0) is 9.53 Å². The molecule has 138 valence electrons. The van der Waals surface area contributed by atoms with E-state index in [1.807, 2.05) is 0 Å². The van der Waals surface area contributed by atoms with E-state index in [1.165, 1.54) is 6.07 Å². The molecule has 7 nitrogen and oxygen atoms in total. The Morgan fingerprint density at radius 1 is 1.40 bits per heavy atom. The number of rotatable bonds is 6. The summed E-state index contributed by atoms with van der Waals surface area (Å²) in [4.78, 5) is 26.4. The Bertz CT molecular complexity index is 632. The van der Waals surface area contributed by atoms with E-state index in [0.717, 1.165) is 19.3 Å². The van der Waals surface area contributed by atoms with Crippen molar-refractivity contribution in [2.45, 2.75) is 53.1 Å². The van der Waals surface area contributed by atoms with Gasteiger partial charge in [-0.2, -0.15) is 0 Å². The molecule has 7 heteroatoms. The van der Waals surface area contributed by atoms with Gasteiger partial charge in [-0.3, -0.25) is 0 Å². The summed E-state index contributed by atoms with van der Waals surface area (Å²) < 4.78 is 10.9. The molecule has 1 fully saturated rings. The van der Waals surface area contributed by atoms with Gasteiger partial charge in [0.2, 0.25) is 5.75 Å². The molecule has 0 N–H and O–H groups in total. The highest BCUT2D eigenvalue weighted by atomic mass is 16.6. The number of nitrogens with zero attached hydrogens (tertiary/aromatic N) is 2. The van der Waals surface area contributed by atoms with E-state index in [4.69, 9.17) is 9.47 Å². The third-order valence-corrected chi connectivity index (χ3v) is 4.74. The molecule has 1 saturated carbocycles. The van der Waals surface area contributed by atoms with E-state index in [2.05, 4.69) is 25.8 Å². The number of ether oxygens (including phenoxy) is 2. The minimum Gasteiger partial charge on any atom is -0.474 e. The molecule has 3 atom stereocenters. The van der Waals surface area contributed by atoms with Gasteiger partial charge in [-0.15, -0.1) is 0 Å². The number of aryl methyl sites for hydroxylation is 1. The minimum atomic E-state index is -0.620. The molecule has 0 unspecified atom stereocenters. The van der Waals surface area contributed by atoms with Crippen LogP contribution in [0.15, 0.2) is 12.1 Å². The maximum Gasteiger partial charge on any atom is 0.406 e. The summed E-state index contributed by atoms with van der Waals surface area (Å²) in [6.07, 6.45) is 2.92. The molecular formula is C18H26N2O5. The van der Waals surface area contributed by atoms with Crippen LogP contribution in [0.25, 0.3) is 0 Å². The Balaban J connectivity index is 1.97. The number of hydrogen-bond donors (Lipinski definition) is 0. The topological polar surface area (TPSA) is 91.6 Å². The lowest BCUT2D eigenvalue weighted by Gasteiger charge is -2.36. The van der Waals surface area contributed by atoms with Crippen molar-refractivity contribution >= 4 is 11.8 Å². The highest BCUT2D eigenvalue weighted by molar-refractivity contribution is 5.71. The number of esters is 1. The van der Waals surface area contributed by atoms with Gasteiger partial charge >= 0.3 is 11.8 Å². The number of nitro groups is 1. The van der Waals surface area contributed by atoms with Gasteiger partial charge in [0.25, 0.3) is 0 Å². The molecule has 0 aromatic carbocycles. The molecule has 25 heavy (non-hydrogen) atoms. The molecular weight excluding hydrogens is 324 g/mol. The summed E-state index contributed by atoms with van der Waals surface area (Å²) in [5.74, 6) is 0.393. The lowest BCUT2D eigenvalue weighted by Crippen LogP contribution is -2.37. The van der Waals surface area contributed by atoms with Crippen molar-refractivity contribution < 1.29 is 19.2 Å². The van der Waals surface area contributed by atoms with Crippen molar-refractivity contribution in [2.24, 2.45) is 17.8 Å². The van der Waals surface area contributed by atoms with Gasteiger partial charge in [-0.05, 0) is 52.6 Å². The third kappa shape index (κ3) is 5.14. The third-order valence-electron chi connectivity index (χ3n) is 4.74. The van der Waals surface area contributed by atoms with Crippen LogP contribution in [-0.4, -0.2) is 28.6 Å². The number of pyridine rings is 1. The van der Waals surface area contributed by atoms with E-state index in [0.29, 0.717) is 23.4 Å². The van der Waals surface area contributed by atoms with Crippen molar-refractivity contribution in [3.05, 3.63) is 27.9 Å². The van der Waals surface area contributed by atoms with Gasteiger partial charge in [-0.1, -0.05) is 27.2 Å². The van der Waals surface area contributed by atoms with Gasteiger partial charge in [0, 0.05) is 6.92 Å². The van der Waals surface area contributed by atoms with Crippen molar-refractivity contribution in [3.8, 4) is 5.75 Å². The van der Waals surface area contributed by atoms with Crippen molar-refractivity contribution in [1.29, 1.82) is 0 Å². The molecule has 2 rings (SSSR count). The lowest BCUT2D eigenvalue weighted by atomic mass is 9.75. The normalized spacial score (nSPS) is 23.3.